The smallest absolute Gasteiger partial charge is 0.327 e. The Morgan fingerprint density at radius 1 is 1.55 bits per heavy atom. The molecule has 1 aliphatic heterocycles. The molecular weight excluding hydrogens is 278 g/mol. The van der Waals surface area contributed by atoms with Crippen molar-refractivity contribution in [2.75, 3.05) is 18.2 Å². The van der Waals surface area contributed by atoms with Gasteiger partial charge in [-0.15, -0.1) is 11.8 Å². The van der Waals surface area contributed by atoms with E-state index in [0.717, 1.165) is 5.69 Å². The number of pyridine rings is 1. The standard InChI is InChI=1S/C13H17N3O3S/c1-2-15(7-10-5-3-4-6-14-10)13(19)16-9-20-8-11(16)12(17)18/h3-6,11H,2,7-9H2,1H3,(H,17,18)/t11-/m0/s1. The molecule has 0 radical (unpaired) electrons. The van der Waals surface area contributed by atoms with Gasteiger partial charge in [-0.05, 0) is 19.1 Å². The second kappa shape index (κ2) is 6.60. The van der Waals surface area contributed by atoms with Gasteiger partial charge in [-0.1, -0.05) is 6.07 Å². The van der Waals surface area contributed by atoms with Crippen molar-refractivity contribution >= 4 is 23.8 Å². The summed E-state index contributed by atoms with van der Waals surface area (Å²) in [4.78, 5) is 30.8. The van der Waals surface area contributed by atoms with Crippen LogP contribution in [0.3, 0.4) is 0 Å². The number of hydrogen-bond donors (Lipinski definition) is 1. The number of rotatable bonds is 4. The lowest BCUT2D eigenvalue weighted by Gasteiger charge is -2.28. The van der Waals surface area contributed by atoms with Gasteiger partial charge in [0.15, 0.2) is 0 Å². The third-order valence-corrected chi connectivity index (χ3v) is 4.16. The van der Waals surface area contributed by atoms with Crippen LogP contribution in [0.2, 0.25) is 0 Å². The van der Waals surface area contributed by atoms with Gasteiger partial charge in [0, 0.05) is 18.5 Å². The predicted octanol–water partition coefficient (Wildman–Crippen LogP) is 1.48. The lowest BCUT2D eigenvalue weighted by molar-refractivity contribution is -0.140. The Balaban J connectivity index is 2.07. The highest BCUT2D eigenvalue weighted by Crippen LogP contribution is 2.23. The monoisotopic (exact) mass is 295 g/mol. The minimum absolute atomic E-state index is 0.240. The van der Waals surface area contributed by atoms with Crippen LogP contribution in [0, 0.1) is 0 Å². The van der Waals surface area contributed by atoms with E-state index in [4.69, 9.17) is 5.11 Å². The lowest BCUT2D eigenvalue weighted by Crippen LogP contribution is -2.48. The molecule has 0 saturated carbocycles. The summed E-state index contributed by atoms with van der Waals surface area (Å²) in [6, 6.07) is 4.57. The summed E-state index contributed by atoms with van der Waals surface area (Å²) < 4.78 is 0. The van der Waals surface area contributed by atoms with Gasteiger partial charge in [-0.3, -0.25) is 4.98 Å². The molecule has 7 heteroatoms. The molecular formula is C13H17N3O3S. The highest BCUT2D eigenvalue weighted by atomic mass is 32.2. The maximum absolute atomic E-state index is 12.4. The Hall–Kier alpha value is -1.76. The molecule has 1 aromatic heterocycles. The normalized spacial score (nSPS) is 18.1. The number of aliphatic carboxylic acids is 1. The van der Waals surface area contributed by atoms with Gasteiger partial charge in [0.2, 0.25) is 0 Å². The Morgan fingerprint density at radius 2 is 2.35 bits per heavy atom. The minimum Gasteiger partial charge on any atom is -0.480 e. The Morgan fingerprint density at radius 3 is 2.95 bits per heavy atom. The molecule has 1 fully saturated rings. The topological polar surface area (TPSA) is 73.7 Å². The zero-order chi connectivity index (χ0) is 14.5. The summed E-state index contributed by atoms with van der Waals surface area (Å²) in [6.07, 6.45) is 1.68. The van der Waals surface area contributed by atoms with Crippen molar-refractivity contribution in [3.8, 4) is 0 Å². The Labute approximate surface area is 121 Å². The Kier molecular flexibility index (Phi) is 4.84. The molecule has 2 rings (SSSR count). The van der Waals surface area contributed by atoms with Gasteiger partial charge in [0.05, 0.1) is 18.1 Å². The molecule has 2 heterocycles. The largest absolute Gasteiger partial charge is 0.480 e. The third kappa shape index (κ3) is 3.22. The van der Waals surface area contributed by atoms with E-state index in [1.165, 1.54) is 16.7 Å². The molecule has 0 aromatic carbocycles. The first-order valence-corrected chi connectivity index (χ1v) is 7.55. The van der Waals surface area contributed by atoms with Gasteiger partial charge in [-0.25, -0.2) is 9.59 Å². The maximum atomic E-state index is 12.4. The van der Waals surface area contributed by atoms with E-state index in [-0.39, 0.29) is 6.03 Å². The summed E-state index contributed by atoms with van der Waals surface area (Å²) >= 11 is 1.46. The number of carbonyl (C=O) groups excluding carboxylic acids is 1. The molecule has 6 nitrogen and oxygen atoms in total. The van der Waals surface area contributed by atoms with Crippen LogP contribution < -0.4 is 0 Å². The number of carboxylic acid groups (broad SMARTS) is 1. The zero-order valence-corrected chi connectivity index (χ0v) is 12.0. The number of urea groups is 1. The van der Waals surface area contributed by atoms with Crippen molar-refractivity contribution in [2.24, 2.45) is 0 Å². The van der Waals surface area contributed by atoms with E-state index in [0.29, 0.717) is 24.7 Å². The number of hydrogen-bond acceptors (Lipinski definition) is 4. The van der Waals surface area contributed by atoms with Crippen LogP contribution in [0.4, 0.5) is 4.79 Å². The van der Waals surface area contributed by atoms with Gasteiger partial charge in [-0.2, -0.15) is 0 Å². The third-order valence-electron chi connectivity index (χ3n) is 3.14. The molecule has 0 bridgehead atoms. The molecule has 2 amide bonds. The SMILES string of the molecule is CCN(Cc1ccccn1)C(=O)N1CSC[C@H]1C(=O)O. The van der Waals surface area contributed by atoms with E-state index >= 15 is 0 Å². The van der Waals surface area contributed by atoms with Crippen LogP contribution in [0.25, 0.3) is 0 Å². The second-order valence-corrected chi connectivity index (χ2v) is 5.44. The van der Waals surface area contributed by atoms with E-state index in [9.17, 15) is 9.59 Å². The zero-order valence-electron chi connectivity index (χ0n) is 11.2. The van der Waals surface area contributed by atoms with E-state index in [1.54, 1.807) is 11.1 Å². The molecule has 0 unspecified atom stereocenters. The molecule has 0 spiro atoms. The average molecular weight is 295 g/mol. The summed E-state index contributed by atoms with van der Waals surface area (Å²) in [5.41, 5.74) is 0.793. The number of aromatic nitrogens is 1. The van der Waals surface area contributed by atoms with Gasteiger partial charge < -0.3 is 14.9 Å². The van der Waals surface area contributed by atoms with Crippen molar-refractivity contribution in [3.05, 3.63) is 30.1 Å². The molecule has 0 aliphatic carbocycles. The van der Waals surface area contributed by atoms with Crippen LogP contribution in [0.5, 0.6) is 0 Å². The van der Waals surface area contributed by atoms with Gasteiger partial charge in [0.1, 0.15) is 6.04 Å². The number of nitrogens with zero attached hydrogens (tertiary/aromatic N) is 3. The predicted molar refractivity (Wildman–Crippen MR) is 76.3 cm³/mol. The fourth-order valence-corrected chi connectivity index (χ4v) is 3.16. The maximum Gasteiger partial charge on any atom is 0.327 e. The average Bonchev–Trinajstić information content (AvgIpc) is 2.94. The number of amides is 2. The van der Waals surface area contributed by atoms with E-state index < -0.39 is 12.0 Å². The summed E-state index contributed by atoms with van der Waals surface area (Å²) in [7, 11) is 0. The highest BCUT2D eigenvalue weighted by Gasteiger charge is 2.36. The fourth-order valence-electron chi connectivity index (χ4n) is 2.02. The van der Waals surface area contributed by atoms with Crippen molar-refractivity contribution in [1.82, 2.24) is 14.8 Å². The molecule has 1 atom stereocenters. The summed E-state index contributed by atoms with van der Waals surface area (Å²) in [6.45, 7) is 2.78. The highest BCUT2D eigenvalue weighted by molar-refractivity contribution is 7.99. The van der Waals surface area contributed by atoms with Gasteiger partial charge in [0.25, 0.3) is 0 Å². The minimum atomic E-state index is -0.947. The van der Waals surface area contributed by atoms with Gasteiger partial charge >= 0.3 is 12.0 Å². The van der Waals surface area contributed by atoms with Crippen molar-refractivity contribution in [1.29, 1.82) is 0 Å². The molecule has 1 N–H and O–H groups in total. The first kappa shape index (κ1) is 14.6. The molecule has 20 heavy (non-hydrogen) atoms. The number of thioether (sulfide) groups is 1. The molecule has 1 aromatic rings. The van der Waals surface area contributed by atoms with Crippen molar-refractivity contribution in [3.63, 3.8) is 0 Å². The Bertz CT molecular complexity index is 483. The number of carbonyl (C=O) groups is 2. The van der Waals surface area contributed by atoms with Crippen LogP contribution >= 0.6 is 11.8 Å². The summed E-state index contributed by atoms with van der Waals surface area (Å²) in [5.74, 6) is -0.0752. The first-order valence-electron chi connectivity index (χ1n) is 6.39. The van der Waals surface area contributed by atoms with Crippen LogP contribution in [-0.2, 0) is 11.3 Å². The van der Waals surface area contributed by atoms with Crippen molar-refractivity contribution < 1.29 is 14.7 Å². The van der Waals surface area contributed by atoms with E-state index in [2.05, 4.69) is 4.98 Å². The summed E-state index contributed by atoms with van der Waals surface area (Å²) in [5, 5.41) is 9.14. The lowest BCUT2D eigenvalue weighted by atomic mass is 10.3. The molecule has 1 saturated heterocycles. The van der Waals surface area contributed by atoms with Crippen LogP contribution in [-0.4, -0.2) is 56.1 Å². The van der Waals surface area contributed by atoms with Crippen LogP contribution in [0.1, 0.15) is 12.6 Å². The quantitative estimate of drug-likeness (QED) is 0.911. The first-order chi connectivity index (χ1) is 9.63. The fraction of sp³-hybridized carbons (Fsp3) is 0.462. The number of carboxylic acids is 1. The van der Waals surface area contributed by atoms with Crippen LogP contribution in [0.15, 0.2) is 24.4 Å². The second-order valence-electron chi connectivity index (χ2n) is 4.44. The van der Waals surface area contributed by atoms with Crippen molar-refractivity contribution in [2.45, 2.75) is 19.5 Å². The van der Waals surface area contributed by atoms with E-state index in [1.807, 2.05) is 25.1 Å². The molecule has 108 valence electrons. The molecule has 1 aliphatic rings.